The molecular formula is C15H31N3O2S. The van der Waals surface area contributed by atoms with Gasteiger partial charge in [-0.15, -0.1) is 0 Å². The predicted octanol–water partition coefficient (Wildman–Crippen LogP) is 1.69. The normalized spacial score (nSPS) is 19.3. The van der Waals surface area contributed by atoms with Crippen LogP contribution in [0.4, 0.5) is 0 Å². The summed E-state index contributed by atoms with van der Waals surface area (Å²) in [5, 5.41) is 3.41. The largest absolute Gasteiger partial charge is 0.382 e. The number of guanidine groups is 1. The quantitative estimate of drug-likeness (QED) is 0.377. The summed E-state index contributed by atoms with van der Waals surface area (Å²) in [6.07, 6.45) is 4.47. The molecule has 1 atom stereocenters. The molecule has 21 heavy (non-hydrogen) atoms. The molecule has 124 valence electrons. The second-order valence-corrected chi connectivity index (χ2v) is 6.24. The van der Waals surface area contributed by atoms with Crippen molar-refractivity contribution >= 4 is 17.7 Å². The molecule has 1 saturated heterocycles. The van der Waals surface area contributed by atoms with Gasteiger partial charge in [0.25, 0.3) is 0 Å². The number of hydrogen-bond acceptors (Lipinski definition) is 4. The van der Waals surface area contributed by atoms with E-state index in [9.17, 15) is 0 Å². The average molecular weight is 317 g/mol. The molecule has 1 unspecified atom stereocenters. The second kappa shape index (κ2) is 12.1. The van der Waals surface area contributed by atoms with Crippen molar-refractivity contribution in [1.29, 1.82) is 0 Å². The Labute approximate surface area is 133 Å². The molecule has 0 aromatic carbocycles. The summed E-state index contributed by atoms with van der Waals surface area (Å²) in [4.78, 5) is 7.10. The van der Waals surface area contributed by atoms with Gasteiger partial charge in [0, 0.05) is 39.2 Å². The number of likely N-dealkylation sites (tertiary alicyclic amines) is 1. The van der Waals surface area contributed by atoms with E-state index >= 15 is 0 Å². The Kier molecular flexibility index (Phi) is 10.7. The number of hydrogen-bond donors (Lipinski definition) is 1. The molecule has 0 aromatic heterocycles. The van der Waals surface area contributed by atoms with Crippen molar-refractivity contribution in [2.45, 2.75) is 19.8 Å². The van der Waals surface area contributed by atoms with Crippen molar-refractivity contribution in [3.05, 3.63) is 0 Å². The van der Waals surface area contributed by atoms with Gasteiger partial charge < -0.3 is 19.7 Å². The molecule has 0 saturated carbocycles. The molecular weight excluding hydrogens is 286 g/mol. The summed E-state index contributed by atoms with van der Waals surface area (Å²) in [7, 11) is 1.71. The Morgan fingerprint density at radius 2 is 2.29 bits per heavy atom. The lowest BCUT2D eigenvalue weighted by Gasteiger charge is -2.21. The highest BCUT2D eigenvalue weighted by Gasteiger charge is 2.24. The van der Waals surface area contributed by atoms with Crippen LogP contribution in [0, 0.1) is 5.92 Å². The van der Waals surface area contributed by atoms with Crippen LogP contribution in [0.1, 0.15) is 19.8 Å². The Morgan fingerprint density at radius 1 is 1.43 bits per heavy atom. The summed E-state index contributed by atoms with van der Waals surface area (Å²) in [6, 6.07) is 0. The molecule has 0 spiro atoms. The minimum absolute atomic E-state index is 0.608. The topological polar surface area (TPSA) is 46.1 Å². The first-order valence-electron chi connectivity index (χ1n) is 7.90. The predicted molar refractivity (Wildman–Crippen MR) is 91.4 cm³/mol. The number of ether oxygens (including phenoxy) is 2. The SMILES string of the molecule is CCNC(=NCCCSC)N1CCC(COCCOC)C1. The van der Waals surface area contributed by atoms with Crippen molar-refractivity contribution in [3.8, 4) is 0 Å². The molecule has 1 aliphatic rings. The molecule has 1 heterocycles. The van der Waals surface area contributed by atoms with E-state index in [1.54, 1.807) is 7.11 Å². The summed E-state index contributed by atoms with van der Waals surface area (Å²) in [6.45, 7) is 8.27. The Morgan fingerprint density at radius 3 is 3.00 bits per heavy atom. The van der Waals surface area contributed by atoms with E-state index in [-0.39, 0.29) is 0 Å². The van der Waals surface area contributed by atoms with E-state index in [4.69, 9.17) is 14.5 Å². The second-order valence-electron chi connectivity index (χ2n) is 5.25. The van der Waals surface area contributed by atoms with Crippen LogP contribution in [-0.4, -0.2) is 76.0 Å². The van der Waals surface area contributed by atoms with E-state index in [1.807, 2.05) is 11.8 Å². The highest BCUT2D eigenvalue weighted by Crippen LogP contribution is 2.16. The molecule has 0 aromatic rings. The minimum Gasteiger partial charge on any atom is -0.382 e. The van der Waals surface area contributed by atoms with Gasteiger partial charge in [-0.25, -0.2) is 0 Å². The van der Waals surface area contributed by atoms with Crippen LogP contribution >= 0.6 is 11.8 Å². The molecule has 0 radical (unpaired) electrons. The van der Waals surface area contributed by atoms with Crippen LogP contribution in [0.2, 0.25) is 0 Å². The van der Waals surface area contributed by atoms with Crippen LogP contribution < -0.4 is 5.32 Å². The zero-order chi connectivity index (χ0) is 15.3. The van der Waals surface area contributed by atoms with Gasteiger partial charge in [-0.2, -0.15) is 11.8 Å². The fourth-order valence-electron chi connectivity index (χ4n) is 2.37. The minimum atomic E-state index is 0.608. The van der Waals surface area contributed by atoms with Gasteiger partial charge >= 0.3 is 0 Å². The molecule has 1 rings (SSSR count). The average Bonchev–Trinajstić information content (AvgIpc) is 2.96. The Bertz CT molecular complexity index is 290. The molecule has 0 amide bonds. The number of thioether (sulfide) groups is 1. The lowest BCUT2D eigenvalue weighted by molar-refractivity contribution is 0.0536. The van der Waals surface area contributed by atoms with Crippen molar-refractivity contribution in [2.75, 3.05) is 65.1 Å². The fraction of sp³-hybridized carbons (Fsp3) is 0.933. The summed E-state index contributed by atoms with van der Waals surface area (Å²) in [5.74, 6) is 2.86. The first-order valence-corrected chi connectivity index (χ1v) is 9.30. The molecule has 0 bridgehead atoms. The number of rotatable bonds is 10. The maximum absolute atomic E-state index is 5.64. The molecule has 6 heteroatoms. The first kappa shape index (κ1) is 18.6. The number of nitrogens with zero attached hydrogens (tertiary/aromatic N) is 2. The molecule has 1 aliphatic heterocycles. The smallest absolute Gasteiger partial charge is 0.193 e. The molecule has 0 aliphatic carbocycles. The van der Waals surface area contributed by atoms with Gasteiger partial charge in [0.1, 0.15) is 0 Å². The fourth-order valence-corrected chi connectivity index (χ4v) is 2.79. The van der Waals surface area contributed by atoms with Gasteiger partial charge in [0.15, 0.2) is 5.96 Å². The third-order valence-corrected chi connectivity index (χ3v) is 4.17. The number of aliphatic imine (C=N–C) groups is 1. The van der Waals surface area contributed by atoms with Crippen molar-refractivity contribution in [1.82, 2.24) is 10.2 Å². The highest BCUT2D eigenvalue weighted by atomic mass is 32.2. The lowest BCUT2D eigenvalue weighted by atomic mass is 10.1. The van der Waals surface area contributed by atoms with Gasteiger partial charge in [0.05, 0.1) is 19.8 Å². The van der Waals surface area contributed by atoms with Gasteiger partial charge in [0.2, 0.25) is 0 Å². The van der Waals surface area contributed by atoms with E-state index in [0.29, 0.717) is 19.1 Å². The van der Waals surface area contributed by atoms with E-state index in [2.05, 4.69) is 23.4 Å². The van der Waals surface area contributed by atoms with Crippen LogP contribution in [0.5, 0.6) is 0 Å². The first-order chi connectivity index (χ1) is 10.3. The molecule has 5 nitrogen and oxygen atoms in total. The van der Waals surface area contributed by atoms with Gasteiger partial charge in [-0.3, -0.25) is 4.99 Å². The zero-order valence-electron chi connectivity index (χ0n) is 13.8. The van der Waals surface area contributed by atoms with Crippen LogP contribution in [0.3, 0.4) is 0 Å². The zero-order valence-corrected chi connectivity index (χ0v) is 14.6. The van der Waals surface area contributed by atoms with E-state index < -0.39 is 0 Å². The summed E-state index contributed by atoms with van der Waals surface area (Å²) >= 11 is 1.88. The maximum Gasteiger partial charge on any atom is 0.193 e. The maximum atomic E-state index is 5.64. The van der Waals surface area contributed by atoms with Gasteiger partial charge in [-0.05, 0) is 31.8 Å². The van der Waals surface area contributed by atoms with Crippen molar-refractivity contribution < 1.29 is 9.47 Å². The number of methoxy groups -OCH3 is 1. The van der Waals surface area contributed by atoms with Crippen LogP contribution in [0.25, 0.3) is 0 Å². The van der Waals surface area contributed by atoms with Crippen molar-refractivity contribution in [3.63, 3.8) is 0 Å². The Balaban J connectivity index is 2.31. The van der Waals surface area contributed by atoms with Crippen LogP contribution in [-0.2, 0) is 9.47 Å². The molecule has 1 fully saturated rings. The van der Waals surface area contributed by atoms with E-state index in [1.165, 1.54) is 12.2 Å². The summed E-state index contributed by atoms with van der Waals surface area (Å²) < 4.78 is 10.6. The standard InChI is InChI=1S/C15H31N3O2S/c1-4-16-15(17-7-5-11-21-3)18-8-6-14(12-18)13-20-10-9-19-2/h14H,4-13H2,1-3H3,(H,16,17). The van der Waals surface area contributed by atoms with Crippen LogP contribution in [0.15, 0.2) is 4.99 Å². The van der Waals surface area contributed by atoms with E-state index in [0.717, 1.165) is 45.2 Å². The molecule has 1 N–H and O–H groups in total. The van der Waals surface area contributed by atoms with Gasteiger partial charge in [-0.1, -0.05) is 0 Å². The highest BCUT2D eigenvalue weighted by molar-refractivity contribution is 7.98. The Hall–Kier alpha value is -0.460. The monoisotopic (exact) mass is 317 g/mol. The number of nitrogens with one attached hydrogen (secondary N) is 1. The van der Waals surface area contributed by atoms with Crippen molar-refractivity contribution in [2.24, 2.45) is 10.9 Å². The lowest BCUT2D eigenvalue weighted by Crippen LogP contribution is -2.40. The third kappa shape index (κ3) is 7.93. The summed E-state index contributed by atoms with van der Waals surface area (Å²) in [5.41, 5.74) is 0. The third-order valence-electron chi connectivity index (χ3n) is 3.47.